The molecule has 0 radical (unpaired) electrons. The highest BCUT2D eigenvalue weighted by Crippen LogP contribution is 2.46. The van der Waals surface area contributed by atoms with Gasteiger partial charge in [-0.05, 0) is 61.6 Å². The van der Waals surface area contributed by atoms with E-state index in [2.05, 4.69) is 22.2 Å². The summed E-state index contributed by atoms with van der Waals surface area (Å²) < 4.78 is 28.3. The third kappa shape index (κ3) is 3.56. The Hall–Kier alpha value is -3.35. The molecule has 3 heterocycles. The Kier molecular flexibility index (Phi) is 4.85. The third-order valence-corrected chi connectivity index (χ3v) is 7.58. The van der Waals surface area contributed by atoms with Crippen molar-refractivity contribution < 1.29 is 8.78 Å². The van der Waals surface area contributed by atoms with E-state index in [1.807, 2.05) is 18.2 Å². The number of nitrogens with one attached hydrogen (secondary N) is 2. The van der Waals surface area contributed by atoms with Crippen LogP contribution in [0.3, 0.4) is 0 Å². The molecule has 2 N–H and O–H groups in total. The number of pyridine rings is 1. The number of aromatic nitrogens is 4. The number of hydrogen-bond donors (Lipinski definition) is 2. The van der Waals surface area contributed by atoms with Gasteiger partial charge in [0, 0.05) is 53.3 Å². The maximum Gasteiger partial charge on any atom is 0.164 e. The first kappa shape index (κ1) is 20.3. The van der Waals surface area contributed by atoms with E-state index in [-0.39, 0.29) is 5.52 Å². The number of nitrogens with zero attached hydrogens (tertiary/aromatic N) is 3. The van der Waals surface area contributed by atoms with Gasteiger partial charge in [0.05, 0.1) is 11.2 Å². The summed E-state index contributed by atoms with van der Waals surface area (Å²) in [7, 11) is 0. The SMILES string of the molecule is CC1C2CCC(CC2)C1Nc1cc(-c2cccnc2)nc(-c2c[nH]c3c(F)cc(F)cc23)n1. The number of halogens is 2. The second kappa shape index (κ2) is 7.90. The minimum atomic E-state index is -0.634. The summed E-state index contributed by atoms with van der Waals surface area (Å²) in [5.41, 5.74) is 2.39. The van der Waals surface area contributed by atoms with Gasteiger partial charge in [0.2, 0.25) is 0 Å². The van der Waals surface area contributed by atoms with Gasteiger partial charge < -0.3 is 10.3 Å². The number of fused-ring (bicyclic) bond motifs is 4. The van der Waals surface area contributed by atoms with E-state index in [9.17, 15) is 8.78 Å². The first-order chi connectivity index (χ1) is 16.1. The highest BCUT2D eigenvalue weighted by molar-refractivity contribution is 5.94. The van der Waals surface area contributed by atoms with Crippen molar-refractivity contribution in [2.75, 3.05) is 5.32 Å². The first-order valence-corrected chi connectivity index (χ1v) is 11.6. The summed E-state index contributed by atoms with van der Waals surface area (Å²) >= 11 is 0. The molecule has 0 spiro atoms. The van der Waals surface area contributed by atoms with Crippen LogP contribution in [0.5, 0.6) is 0 Å². The summed E-state index contributed by atoms with van der Waals surface area (Å²) in [6.07, 6.45) is 10.2. The van der Waals surface area contributed by atoms with Gasteiger partial charge >= 0.3 is 0 Å². The molecule has 3 fully saturated rings. The largest absolute Gasteiger partial charge is 0.367 e. The van der Waals surface area contributed by atoms with Crippen LogP contribution in [0.15, 0.2) is 48.9 Å². The lowest BCUT2D eigenvalue weighted by molar-refractivity contribution is 0.0928. The summed E-state index contributed by atoms with van der Waals surface area (Å²) in [5, 5.41) is 4.14. The molecule has 4 aromatic rings. The first-order valence-electron chi connectivity index (χ1n) is 11.6. The molecule has 3 aliphatic rings. The minimum Gasteiger partial charge on any atom is -0.367 e. The Bertz CT molecular complexity index is 1310. The molecule has 3 aliphatic carbocycles. The predicted molar refractivity (Wildman–Crippen MR) is 124 cm³/mol. The summed E-state index contributed by atoms with van der Waals surface area (Å²) in [6, 6.07) is 8.32. The molecule has 2 atom stereocenters. The highest BCUT2D eigenvalue weighted by Gasteiger charge is 2.41. The van der Waals surface area contributed by atoms with Crippen LogP contribution in [-0.2, 0) is 0 Å². The van der Waals surface area contributed by atoms with Gasteiger partial charge in [0.1, 0.15) is 17.5 Å². The second-order valence-corrected chi connectivity index (χ2v) is 9.42. The monoisotopic (exact) mass is 445 g/mol. The number of anilines is 1. The van der Waals surface area contributed by atoms with Crippen LogP contribution in [0.4, 0.5) is 14.6 Å². The van der Waals surface area contributed by atoms with E-state index in [1.165, 1.54) is 31.7 Å². The molecular formula is C26H25F2N5. The molecule has 33 heavy (non-hydrogen) atoms. The topological polar surface area (TPSA) is 66.5 Å². The number of aromatic amines is 1. The average Bonchev–Trinajstić information content (AvgIpc) is 3.26. The molecule has 7 rings (SSSR count). The summed E-state index contributed by atoms with van der Waals surface area (Å²) in [6.45, 7) is 2.34. The van der Waals surface area contributed by atoms with Crippen molar-refractivity contribution in [2.24, 2.45) is 17.8 Å². The lowest BCUT2D eigenvalue weighted by atomic mass is 9.62. The molecule has 0 aliphatic heterocycles. The fraction of sp³-hybridized carbons (Fsp3) is 0.346. The number of benzene rings is 1. The van der Waals surface area contributed by atoms with Crippen LogP contribution < -0.4 is 5.32 Å². The lowest BCUT2D eigenvalue weighted by Gasteiger charge is -2.47. The molecule has 2 bridgehead atoms. The minimum absolute atomic E-state index is 0.245. The van der Waals surface area contributed by atoms with E-state index >= 15 is 0 Å². The molecule has 168 valence electrons. The van der Waals surface area contributed by atoms with Gasteiger partial charge in [-0.2, -0.15) is 0 Å². The van der Waals surface area contributed by atoms with Gasteiger partial charge in [-0.3, -0.25) is 4.98 Å². The fourth-order valence-electron chi connectivity index (χ4n) is 5.82. The van der Waals surface area contributed by atoms with Crippen LogP contribution in [0.2, 0.25) is 0 Å². The van der Waals surface area contributed by atoms with Crippen LogP contribution in [0.1, 0.15) is 32.6 Å². The molecule has 1 aromatic carbocycles. The molecule has 7 heteroatoms. The van der Waals surface area contributed by atoms with E-state index in [4.69, 9.17) is 9.97 Å². The number of rotatable bonds is 4. The van der Waals surface area contributed by atoms with Crippen molar-refractivity contribution in [3.63, 3.8) is 0 Å². The smallest absolute Gasteiger partial charge is 0.164 e. The van der Waals surface area contributed by atoms with Crippen molar-refractivity contribution in [3.8, 4) is 22.6 Å². The molecule has 2 unspecified atom stereocenters. The fourth-order valence-corrected chi connectivity index (χ4v) is 5.82. The third-order valence-electron chi connectivity index (χ3n) is 7.58. The molecule has 0 saturated heterocycles. The molecule has 5 nitrogen and oxygen atoms in total. The van der Waals surface area contributed by atoms with Crippen molar-refractivity contribution in [1.29, 1.82) is 0 Å². The maximum atomic E-state index is 14.3. The molecular weight excluding hydrogens is 420 g/mol. The van der Waals surface area contributed by atoms with Gasteiger partial charge in [-0.1, -0.05) is 6.92 Å². The van der Waals surface area contributed by atoms with Crippen molar-refractivity contribution in [3.05, 3.63) is 60.6 Å². The van der Waals surface area contributed by atoms with E-state index in [0.29, 0.717) is 34.7 Å². The molecule has 0 amide bonds. The molecule has 3 aromatic heterocycles. The highest BCUT2D eigenvalue weighted by atomic mass is 19.1. The Morgan fingerprint density at radius 1 is 1.03 bits per heavy atom. The van der Waals surface area contributed by atoms with E-state index in [0.717, 1.165) is 29.1 Å². The zero-order valence-electron chi connectivity index (χ0n) is 18.4. The van der Waals surface area contributed by atoms with Crippen molar-refractivity contribution in [2.45, 2.75) is 38.6 Å². The summed E-state index contributed by atoms with van der Waals surface area (Å²) in [5.74, 6) is 1.86. The van der Waals surface area contributed by atoms with Crippen LogP contribution in [0, 0.1) is 29.4 Å². The zero-order chi connectivity index (χ0) is 22.5. The maximum absolute atomic E-state index is 14.3. The van der Waals surface area contributed by atoms with Gasteiger partial charge in [-0.25, -0.2) is 18.7 Å². The van der Waals surface area contributed by atoms with Gasteiger partial charge in [-0.15, -0.1) is 0 Å². The van der Waals surface area contributed by atoms with E-state index in [1.54, 1.807) is 18.6 Å². The average molecular weight is 446 g/mol. The molecule has 3 saturated carbocycles. The summed E-state index contributed by atoms with van der Waals surface area (Å²) in [4.78, 5) is 16.7. The Labute approximate surface area is 190 Å². The predicted octanol–water partition coefficient (Wildman–Crippen LogP) is 6.20. The second-order valence-electron chi connectivity index (χ2n) is 9.42. The van der Waals surface area contributed by atoms with Crippen molar-refractivity contribution >= 4 is 16.7 Å². The van der Waals surface area contributed by atoms with Crippen LogP contribution in [0.25, 0.3) is 33.5 Å². The Morgan fingerprint density at radius 3 is 2.61 bits per heavy atom. The zero-order valence-corrected chi connectivity index (χ0v) is 18.4. The lowest BCUT2D eigenvalue weighted by Crippen LogP contribution is -2.47. The van der Waals surface area contributed by atoms with E-state index < -0.39 is 11.6 Å². The normalized spacial score (nSPS) is 24.3. The standard InChI is InChI=1S/C26H25F2N5/c1-14-15-4-6-16(7-5-15)24(14)32-23-11-22(17-3-2-8-29-12-17)31-26(33-23)20-13-30-25-19(20)9-18(27)10-21(25)28/h2-3,8-16,24,30H,4-7H2,1H3,(H,31,32,33). The quantitative estimate of drug-likeness (QED) is 0.392. The van der Waals surface area contributed by atoms with Crippen LogP contribution >= 0.6 is 0 Å². The van der Waals surface area contributed by atoms with Gasteiger partial charge in [0.15, 0.2) is 5.82 Å². The van der Waals surface area contributed by atoms with Gasteiger partial charge in [0.25, 0.3) is 0 Å². The Balaban J connectivity index is 1.46. The Morgan fingerprint density at radius 2 is 1.85 bits per heavy atom. The number of hydrogen-bond acceptors (Lipinski definition) is 4. The van der Waals surface area contributed by atoms with Crippen molar-refractivity contribution in [1.82, 2.24) is 19.9 Å². The number of H-pyrrole nitrogens is 1. The van der Waals surface area contributed by atoms with Crippen LogP contribution in [-0.4, -0.2) is 26.0 Å².